The van der Waals surface area contributed by atoms with E-state index in [2.05, 4.69) is 5.10 Å². The van der Waals surface area contributed by atoms with Gasteiger partial charge in [0.25, 0.3) is 0 Å². The minimum absolute atomic E-state index is 0.0733. The maximum absolute atomic E-state index is 11.0. The Morgan fingerprint density at radius 2 is 2.27 bits per heavy atom. The third-order valence-corrected chi connectivity index (χ3v) is 3.88. The minimum atomic E-state index is -0.737. The number of hydrogen-bond donors (Lipinski definition) is 1. The van der Waals surface area contributed by atoms with E-state index >= 15 is 0 Å². The first-order valence-corrected chi connectivity index (χ1v) is 7.09. The van der Waals surface area contributed by atoms with Gasteiger partial charge in [0, 0.05) is 18.8 Å². The van der Waals surface area contributed by atoms with Gasteiger partial charge >= 0.3 is 5.97 Å². The number of aryl methyl sites for hydroxylation is 1. The van der Waals surface area contributed by atoms with E-state index in [1.165, 1.54) is 0 Å². The molecular formula is C16H18N2O4. The van der Waals surface area contributed by atoms with Gasteiger partial charge in [-0.2, -0.15) is 5.10 Å². The monoisotopic (exact) mass is 302 g/mol. The Balaban J connectivity index is 1.75. The molecule has 1 aromatic carbocycles. The van der Waals surface area contributed by atoms with E-state index in [1.54, 1.807) is 18.0 Å². The summed E-state index contributed by atoms with van der Waals surface area (Å²) >= 11 is 0. The summed E-state index contributed by atoms with van der Waals surface area (Å²) in [5.41, 5.74) is 1.94. The molecule has 6 nitrogen and oxygen atoms in total. The zero-order valence-electron chi connectivity index (χ0n) is 12.5. The molecule has 0 amide bonds. The van der Waals surface area contributed by atoms with Crippen LogP contribution in [0.3, 0.4) is 0 Å². The zero-order chi connectivity index (χ0) is 15.7. The molecule has 1 aromatic heterocycles. The number of carbonyl (C=O) groups is 1. The fourth-order valence-electron chi connectivity index (χ4n) is 2.58. The maximum Gasteiger partial charge on any atom is 0.307 e. The van der Waals surface area contributed by atoms with Crippen LogP contribution in [-0.2, 0) is 18.4 Å². The van der Waals surface area contributed by atoms with Crippen LogP contribution in [0.1, 0.15) is 23.5 Å². The van der Waals surface area contributed by atoms with E-state index < -0.39 is 5.97 Å². The molecule has 0 radical (unpaired) electrons. The predicted molar refractivity (Wildman–Crippen MR) is 79.0 cm³/mol. The quantitative estimate of drug-likeness (QED) is 0.885. The molecule has 1 aliphatic carbocycles. The molecule has 22 heavy (non-hydrogen) atoms. The van der Waals surface area contributed by atoms with E-state index in [0.29, 0.717) is 24.5 Å². The molecule has 2 aromatic rings. The smallest absolute Gasteiger partial charge is 0.307 e. The molecule has 0 bridgehead atoms. The predicted octanol–water partition coefficient (Wildman–Crippen LogP) is 2.20. The van der Waals surface area contributed by atoms with Crippen LogP contribution >= 0.6 is 0 Å². The Kier molecular flexibility index (Phi) is 3.75. The zero-order valence-corrected chi connectivity index (χ0v) is 12.5. The molecule has 1 N–H and O–H groups in total. The molecule has 116 valence electrons. The van der Waals surface area contributed by atoms with E-state index in [4.69, 9.17) is 14.6 Å². The Morgan fingerprint density at radius 3 is 2.86 bits per heavy atom. The number of aliphatic carboxylic acids is 1. The van der Waals surface area contributed by atoms with Crippen molar-refractivity contribution >= 4 is 5.97 Å². The molecule has 1 saturated carbocycles. The summed E-state index contributed by atoms with van der Waals surface area (Å²) < 4.78 is 12.8. The number of nitrogens with zero attached hydrogens (tertiary/aromatic N) is 2. The van der Waals surface area contributed by atoms with Crippen molar-refractivity contribution in [3.8, 4) is 11.5 Å². The fourth-order valence-corrected chi connectivity index (χ4v) is 2.58. The van der Waals surface area contributed by atoms with Gasteiger partial charge < -0.3 is 14.6 Å². The number of methoxy groups -OCH3 is 1. The van der Waals surface area contributed by atoms with Gasteiger partial charge in [0.05, 0.1) is 19.2 Å². The molecule has 2 atom stereocenters. The van der Waals surface area contributed by atoms with Gasteiger partial charge in [-0.25, -0.2) is 0 Å². The van der Waals surface area contributed by atoms with Crippen molar-refractivity contribution in [1.82, 2.24) is 9.78 Å². The second-order valence-corrected chi connectivity index (χ2v) is 5.51. The second kappa shape index (κ2) is 5.71. The van der Waals surface area contributed by atoms with E-state index in [0.717, 1.165) is 11.1 Å². The molecule has 0 aliphatic heterocycles. The van der Waals surface area contributed by atoms with Crippen molar-refractivity contribution in [1.29, 1.82) is 0 Å². The van der Waals surface area contributed by atoms with Crippen molar-refractivity contribution in [3.05, 3.63) is 41.7 Å². The topological polar surface area (TPSA) is 73.6 Å². The Morgan fingerprint density at radius 1 is 1.45 bits per heavy atom. The summed E-state index contributed by atoms with van der Waals surface area (Å²) in [4.78, 5) is 11.0. The SMILES string of the molecule is COc1ccc(C2CC2C(=O)O)cc1OCc1cnn(C)c1. The van der Waals surface area contributed by atoms with Gasteiger partial charge in [0.2, 0.25) is 0 Å². The van der Waals surface area contributed by atoms with Gasteiger partial charge in [-0.05, 0) is 30.0 Å². The molecule has 1 heterocycles. The molecule has 3 rings (SSSR count). The van der Waals surface area contributed by atoms with Crippen LogP contribution in [0.5, 0.6) is 11.5 Å². The number of hydrogen-bond acceptors (Lipinski definition) is 4. The summed E-state index contributed by atoms with van der Waals surface area (Å²) in [7, 11) is 3.44. The van der Waals surface area contributed by atoms with E-state index in [1.807, 2.05) is 31.4 Å². The minimum Gasteiger partial charge on any atom is -0.493 e. The lowest BCUT2D eigenvalue weighted by Crippen LogP contribution is -2.00. The first kappa shape index (κ1) is 14.4. The van der Waals surface area contributed by atoms with E-state index in [9.17, 15) is 4.79 Å². The van der Waals surface area contributed by atoms with Crippen LogP contribution in [0.15, 0.2) is 30.6 Å². The summed E-state index contributed by atoms with van der Waals surface area (Å²) in [5, 5.41) is 13.1. The third-order valence-electron chi connectivity index (χ3n) is 3.88. The molecular weight excluding hydrogens is 284 g/mol. The van der Waals surface area contributed by atoms with Gasteiger partial charge in [-0.15, -0.1) is 0 Å². The highest BCUT2D eigenvalue weighted by molar-refractivity contribution is 5.75. The van der Waals surface area contributed by atoms with Crippen molar-refractivity contribution < 1.29 is 19.4 Å². The van der Waals surface area contributed by atoms with Crippen LogP contribution in [-0.4, -0.2) is 28.0 Å². The van der Waals surface area contributed by atoms with Gasteiger partial charge in [0.15, 0.2) is 11.5 Å². The largest absolute Gasteiger partial charge is 0.493 e. The van der Waals surface area contributed by atoms with Crippen molar-refractivity contribution in [3.63, 3.8) is 0 Å². The lowest BCUT2D eigenvalue weighted by atomic mass is 10.1. The van der Waals surface area contributed by atoms with Crippen LogP contribution < -0.4 is 9.47 Å². The van der Waals surface area contributed by atoms with Crippen LogP contribution in [0, 0.1) is 5.92 Å². The lowest BCUT2D eigenvalue weighted by Gasteiger charge is -2.11. The normalized spacial score (nSPS) is 19.7. The highest BCUT2D eigenvalue weighted by Gasteiger charge is 2.44. The summed E-state index contributed by atoms with van der Waals surface area (Å²) in [6, 6.07) is 5.61. The Labute approximate surface area is 128 Å². The van der Waals surface area contributed by atoms with Gasteiger partial charge in [0.1, 0.15) is 6.61 Å². The van der Waals surface area contributed by atoms with E-state index in [-0.39, 0.29) is 11.8 Å². The lowest BCUT2D eigenvalue weighted by molar-refractivity contribution is -0.138. The standard InChI is InChI=1S/C16H18N2O4/c1-18-8-10(7-17-18)9-22-15-5-11(3-4-14(15)21-2)12-6-13(12)16(19)20/h3-5,7-8,12-13H,6,9H2,1-2H3,(H,19,20). The van der Waals surface area contributed by atoms with Crippen LogP contribution in [0.25, 0.3) is 0 Å². The molecule has 0 spiro atoms. The molecule has 0 saturated heterocycles. The molecule has 1 fully saturated rings. The third kappa shape index (κ3) is 2.90. The van der Waals surface area contributed by atoms with Crippen molar-refractivity contribution in [2.75, 3.05) is 7.11 Å². The number of ether oxygens (including phenoxy) is 2. The molecule has 2 unspecified atom stereocenters. The van der Waals surface area contributed by atoms with Crippen molar-refractivity contribution in [2.24, 2.45) is 13.0 Å². The summed E-state index contributed by atoms with van der Waals surface area (Å²) in [6.45, 7) is 0.390. The number of rotatable bonds is 6. The second-order valence-electron chi connectivity index (χ2n) is 5.51. The van der Waals surface area contributed by atoms with Crippen LogP contribution in [0.4, 0.5) is 0 Å². The molecule has 1 aliphatic rings. The molecule has 6 heteroatoms. The Bertz CT molecular complexity index is 695. The van der Waals surface area contributed by atoms with Crippen molar-refractivity contribution in [2.45, 2.75) is 18.9 Å². The summed E-state index contributed by atoms with van der Waals surface area (Å²) in [5.74, 6) is 0.322. The summed E-state index contributed by atoms with van der Waals surface area (Å²) in [6.07, 6.45) is 4.32. The maximum atomic E-state index is 11.0. The number of aromatic nitrogens is 2. The Hall–Kier alpha value is -2.50. The van der Waals surface area contributed by atoms with Gasteiger partial charge in [-0.3, -0.25) is 9.48 Å². The highest BCUT2D eigenvalue weighted by Crippen LogP contribution is 2.49. The average Bonchev–Trinajstić information content (AvgIpc) is 3.21. The first-order valence-electron chi connectivity index (χ1n) is 7.09. The fraction of sp³-hybridized carbons (Fsp3) is 0.375. The number of carboxylic acids is 1. The number of benzene rings is 1. The van der Waals surface area contributed by atoms with Gasteiger partial charge in [-0.1, -0.05) is 6.07 Å². The highest BCUT2D eigenvalue weighted by atomic mass is 16.5. The van der Waals surface area contributed by atoms with Crippen LogP contribution in [0.2, 0.25) is 0 Å². The first-order chi connectivity index (χ1) is 10.6. The average molecular weight is 302 g/mol. The number of carboxylic acid groups (broad SMARTS) is 1.